The summed E-state index contributed by atoms with van der Waals surface area (Å²) in [5.74, 6) is 1.73. The molecule has 0 radical (unpaired) electrons. The van der Waals surface area contributed by atoms with Gasteiger partial charge in [-0.25, -0.2) is 0 Å². The van der Waals surface area contributed by atoms with Crippen molar-refractivity contribution in [3.05, 3.63) is 317 Å². The van der Waals surface area contributed by atoms with Gasteiger partial charge >= 0.3 is 0 Å². The lowest BCUT2D eigenvalue weighted by molar-refractivity contribution is 0.436. The molecular weight excluding hydrogens is 847 g/mol. The Morgan fingerprint density at radius 1 is 0.243 bits per heavy atom. The third-order valence-corrected chi connectivity index (χ3v) is 15.2. The van der Waals surface area contributed by atoms with Crippen LogP contribution in [0.5, 0.6) is 11.5 Å². The monoisotopic (exact) mass is 891 g/mol. The Morgan fingerprint density at radius 2 is 0.629 bits per heavy atom. The summed E-state index contributed by atoms with van der Waals surface area (Å²) < 4.78 is 7.04. The van der Waals surface area contributed by atoms with Crippen LogP contribution in [-0.2, 0) is 10.8 Å². The van der Waals surface area contributed by atoms with Crippen LogP contribution in [-0.4, -0.2) is 0 Å². The molecule has 2 aliphatic carbocycles. The van der Waals surface area contributed by atoms with Gasteiger partial charge in [-0.15, -0.1) is 0 Å². The zero-order valence-corrected chi connectivity index (χ0v) is 38.3. The first-order valence-electron chi connectivity index (χ1n) is 24.2. The molecule has 11 aromatic carbocycles. The Balaban J connectivity index is 1.04. The first-order chi connectivity index (χ1) is 34.7. The number of hydrogen-bond donors (Lipinski definition) is 0. The Morgan fingerprint density at radius 3 is 1.11 bits per heavy atom. The van der Waals surface area contributed by atoms with Crippen molar-refractivity contribution < 1.29 is 4.74 Å². The normalized spacial score (nSPS) is 13.8. The molecule has 1 aliphatic heterocycles. The van der Waals surface area contributed by atoms with Crippen LogP contribution in [0.2, 0.25) is 0 Å². The van der Waals surface area contributed by atoms with Gasteiger partial charge in [0.15, 0.2) is 0 Å². The maximum Gasteiger partial charge on any atom is 0.132 e. The summed E-state index contributed by atoms with van der Waals surface area (Å²) in [6.07, 6.45) is 0. The minimum absolute atomic E-state index is 0.543. The standard InChI is InChI=1S/C68H45NO/c1-6-20-46(21-7-1)48-34-40-65-63(42-48)68(64-43-49(35-41-66(64)70-65)47-22-8-2-9-23-47)60-33-19-17-31-56(60)58-39-37-54(45-62(58)68)69(52-28-14-5-15-29-52)53-36-38-57-55-30-16-18-32-59(55)67(61(57)44-53,50-24-10-3-11-25-50)51-26-12-4-13-27-51/h1-45H. The van der Waals surface area contributed by atoms with E-state index < -0.39 is 10.8 Å². The van der Waals surface area contributed by atoms with Crippen LogP contribution in [0.4, 0.5) is 17.1 Å². The zero-order valence-electron chi connectivity index (χ0n) is 38.3. The van der Waals surface area contributed by atoms with Crippen LogP contribution < -0.4 is 9.64 Å². The quantitative estimate of drug-likeness (QED) is 0.158. The minimum atomic E-state index is -0.724. The summed E-state index contributed by atoms with van der Waals surface area (Å²) in [6.45, 7) is 0. The Kier molecular flexibility index (Phi) is 9.06. The predicted molar refractivity (Wildman–Crippen MR) is 287 cm³/mol. The fourth-order valence-electron chi connectivity index (χ4n) is 12.3. The number of rotatable bonds is 7. The van der Waals surface area contributed by atoms with Crippen LogP contribution in [0.25, 0.3) is 44.5 Å². The van der Waals surface area contributed by atoms with Gasteiger partial charge in [-0.1, -0.05) is 212 Å². The van der Waals surface area contributed by atoms with Crippen molar-refractivity contribution in [2.24, 2.45) is 0 Å². The zero-order chi connectivity index (χ0) is 46.2. The third-order valence-electron chi connectivity index (χ3n) is 15.2. The average Bonchev–Trinajstić information content (AvgIpc) is 3.90. The molecule has 14 rings (SSSR count). The van der Waals surface area contributed by atoms with Gasteiger partial charge in [0, 0.05) is 28.2 Å². The fraction of sp³-hybridized carbons (Fsp3) is 0.0294. The van der Waals surface area contributed by atoms with Gasteiger partial charge in [-0.2, -0.15) is 0 Å². The van der Waals surface area contributed by atoms with Crippen molar-refractivity contribution in [3.63, 3.8) is 0 Å². The smallest absolute Gasteiger partial charge is 0.132 e. The highest BCUT2D eigenvalue weighted by atomic mass is 16.5. The Hall–Kier alpha value is -8.98. The molecule has 11 aromatic rings. The molecule has 2 nitrogen and oxygen atoms in total. The van der Waals surface area contributed by atoms with E-state index in [1.165, 1.54) is 66.8 Å². The van der Waals surface area contributed by atoms with Crippen LogP contribution in [0.15, 0.2) is 273 Å². The summed E-state index contributed by atoms with van der Waals surface area (Å²) in [5, 5.41) is 0. The van der Waals surface area contributed by atoms with Crippen molar-refractivity contribution in [1.82, 2.24) is 0 Å². The summed E-state index contributed by atoms with van der Waals surface area (Å²) in [5.41, 5.74) is 21.4. The van der Waals surface area contributed by atoms with Gasteiger partial charge in [0.05, 0.1) is 10.8 Å². The summed E-state index contributed by atoms with van der Waals surface area (Å²) >= 11 is 0. The van der Waals surface area contributed by atoms with E-state index in [9.17, 15) is 0 Å². The number of hydrogen-bond acceptors (Lipinski definition) is 2. The second-order valence-corrected chi connectivity index (χ2v) is 18.7. The molecule has 0 N–H and O–H groups in total. The summed E-state index contributed by atoms with van der Waals surface area (Å²) in [4.78, 5) is 2.46. The van der Waals surface area contributed by atoms with E-state index in [2.05, 4.69) is 278 Å². The topological polar surface area (TPSA) is 12.5 Å². The van der Waals surface area contributed by atoms with E-state index >= 15 is 0 Å². The van der Waals surface area contributed by atoms with Crippen molar-refractivity contribution in [2.45, 2.75) is 10.8 Å². The van der Waals surface area contributed by atoms with E-state index in [0.717, 1.165) is 50.8 Å². The van der Waals surface area contributed by atoms with Gasteiger partial charge in [0.2, 0.25) is 0 Å². The van der Waals surface area contributed by atoms with E-state index in [1.807, 2.05) is 0 Å². The second-order valence-electron chi connectivity index (χ2n) is 18.7. The molecule has 0 unspecified atom stereocenters. The van der Waals surface area contributed by atoms with E-state index in [4.69, 9.17) is 4.74 Å². The maximum atomic E-state index is 7.04. The number of para-hydroxylation sites is 1. The van der Waals surface area contributed by atoms with Gasteiger partial charge in [-0.3, -0.25) is 0 Å². The molecule has 0 saturated heterocycles. The second kappa shape index (κ2) is 15.8. The molecule has 1 heterocycles. The molecule has 1 spiro atoms. The molecule has 0 saturated carbocycles. The highest BCUT2D eigenvalue weighted by Gasteiger charge is 2.52. The highest BCUT2D eigenvalue weighted by Crippen LogP contribution is 2.64. The van der Waals surface area contributed by atoms with E-state index in [-0.39, 0.29) is 0 Å². The highest BCUT2D eigenvalue weighted by molar-refractivity contribution is 5.94. The number of nitrogens with zero attached hydrogens (tertiary/aromatic N) is 1. The Labute approximate surface area is 409 Å². The number of anilines is 3. The first-order valence-corrected chi connectivity index (χ1v) is 24.2. The van der Waals surface area contributed by atoms with Gasteiger partial charge in [0.25, 0.3) is 0 Å². The van der Waals surface area contributed by atoms with Gasteiger partial charge < -0.3 is 9.64 Å². The molecule has 70 heavy (non-hydrogen) atoms. The molecular formula is C68H45NO. The minimum Gasteiger partial charge on any atom is -0.457 e. The number of benzene rings is 11. The summed E-state index contributed by atoms with van der Waals surface area (Å²) in [7, 11) is 0. The van der Waals surface area contributed by atoms with E-state index in [1.54, 1.807) is 0 Å². The van der Waals surface area contributed by atoms with Crippen molar-refractivity contribution in [3.8, 4) is 56.0 Å². The molecule has 0 fully saturated rings. The first kappa shape index (κ1) is 40.1. The van der Waals surface area contributed by atoms with E-state index in [0.29, 0.717) is 0 Å². The predicted octanol–water partition coefficient (Wildman–Crippen LogP) is 17.3. The number of ether oxygens (including phenoxy) is 1. The van der Waals surface area contributed by atoms with Gasteiger partial charge in [0.1, 0.15) is 11.5 Å². The van der Waals surface area contributed by atoms with Crippen molar-refractivity contribution in [1.29, 1.82) is 0 Å². The Bertz CT molecular complexity index is 3660. The van der Waals surface area contributed by atoms with Crippen molar-refractivity contribution in [2.75, 3.05) is 4.90 Å². The number of fused-ring (bicyclic) bond motifs is 12. The molecule has 0 amide bonds. The molecule has 3 aliphatic rings. The molecule has 0 atom stereocenters. The fourth-order valence-corrected chi connectivity index (χ4v) is 12.3. The van der Waals surface area contributed by atoms with Crippen LogP contribution in [0, 0.1) is 0 Å². The molecule has 0 aromatic heterocycles. The molecule has 0 bridgehead atoms. The SMILES string of the molecule is c1ccc(-c2ccc3c(c2)C2(c4cc(-c5ccccc5)ccc4O3)c3ccccc3-c3ccc(N(c4ccccc4)c4ccc5c(c4)C(c4ccccc4)(c4ccccc4)c4ccccc4-5)cc32)cc1. The lowest BCUT2D eigenvalue weighted by atomic mass is 9.65. The van der Waals surface area contributed by atoms with Crippen LogP contribution in [0.1, 0.15) is 44.5 Å². The maximum absolute atomic E-state index is 7.04. The van der Waals surface area contributed by atoms with Gasteiger partial charge in [-0.05, 0) is 139 Å². The summed E-state index contributed by atoms with van der Waals surface area (Å²) in [6, 6.07) is 100. The average molecular weight is 892 g/mol. The van der Waals surface area contributed by atoms with Crippen molar-refractivity contribution >= 4 is 17.1 Å². The third kappa shape index (κ3) is 5.80. The largest absolute Gasteiger partial charge is 0.457 e. The van der Waals surface area contributed by atoms with Crippen LogP contribution >= 0.6 is 0 Å². The lowest BCUT2D eigenvalue weighted by Crippen LogP contribution is -2.32. The molecule has 2 heteroatoms. The van der Waals surface area contributed by atoms with Crippen LogP contribution in [0.3, 0.4) is 0 Å². The lowest BCUT2D eigenvalue weighted by Gasteiger charge is -2.40. The molecule has 328 valence electrons.